The van der Waals surface area contributed by atoms with Gasteiger partial charge in [0, 0.05) is 35.2 Å². The number of fused-ring (bicyclic) bond motifs is 1. The third-order valence-electron chi connectivity index (χ3n) is 2.71. The summed E-state index contributed by atoms with van der Waals surface area (Å²) in [5.74, 6) is 0. The summed E-state index contributed by atoms with van der Waals surface area (Å²) in [4.78, 5) is 5.60. The van der Waals surface area contributed by atoms with E-state index in [1.807, 2.05) is 24.4 Å². The molecule has 3 heteroatoms. The smallest absolute Gasteiger partial charge is 0.101 e. The van der Waals surface area contributed by atoms with Crippen molar-refractivity contribution < 1.29 is 0 Å². The second kappa shape index (κ2) is 4.26. The maximum atomic E-state index is 4.34. The molecule has 0 fully saturated rings. The predicted octanol–water partition coefficient (Wildman–Crippen LogP) is 3.72. The Balaban J connectivity index is 2.07. The van der Waals surface area contributed by atoms with Crippen LogP contribution in [0.5, 0.6) is 0 Å². The summed E-state index contributed by atoms with van der Waals surface area (Å²) < 4.78 is 2.15. The average molecular weight is 240 g/mol. The van der Waals surface area contributed by atoms with Crippen molar-refractivity contribution in [2.45, 2.75) is 9.92 Å². The fourth-order valence-corrected chi connectivity index (χ4v) is 2.88. The number of rotatable bonds is 2. The first-order valence-electron chi connectivity index (χ1n) is 5.47. The fraction of sp³-hybridized carbons (Fsp3) is 0.0714. The highest BCUT2D eigenvalue weighted by Gasteiger charge is 2.07. The van der Waals surface area contributed by atoms with Gasteiger partial charge < -0.3 is 4.57 Å². The quantitative estimate of drug-likeness (QED) is 0.679. The number of aromatic nitrogens is 2. The van der Waals surface area contributed by atoms with Crippen LogP contribution in [0.4, 0.5) is 0 Å². The minimum absolute atomic E-state index is 1.03. The van der Waals surface area contributed by atoms with E-state index in [1.54, 1.807) is 11.8 Å². The van der Waals surface area contributed by atoms with E-state index in [2.05, 4.69) is 47.1 Å². The first-order chi connectivity index (χ1) is 8.34. The van der Waals surface area contributed by atoms with Crippen LogP contribution in [0.25, 0.3) is 10.9 Å². The van der Waals surface area contributed by atoms with E-state index >= 15 is 0 Å². The van der Waals surface area contributed by atoms with Gasteiger partial charge in [0.1, 0.15) is 5.03 Å². The Morgan fingerprint density at radius 2 is 1.88 bits per heavy atom. The molecule has 3 aromatic rings. The molecular weight excluding hydrogens is 228 g/mol. The Bertz CT molecular complexity index is 644. The fourth-order valence-electron chi connectivity index (χ4n) is 1.91. The van der Waals surface area contributed by atoms with Crippen molar-refractivity contribution in [1.29, 1.82) is 0 Å². The van der Waals surface area contributed by atoms with Gasteiger partial charge in [0.15, 0.2) is 0 Å². The molecule has 2 aromatic heterocycles. The molecule has 84 valence electrons. The van der Waals surface area contributed by atoms with Gasteiger partial charge in [0.25, 0.3) is 0 Å². The second-order valence-corrected chi connectivity index (χ2v) is 4.95. The predicted molar refractivity (Wildman–Crippen MR) is 71.3 cm³/mol. The van der Waals surface area contributed by atoms with Crippen molar-refractivity contribution in [2.24, 2.45) is 7.05 Å². The number of benzene rings is 1. The Labute approximate surface area is 104 Å². The molecule has 0 aliphatic heterocycles. The van der Waals surface area contributed by atoms with Crippen LogP contribution in [-0.2, 0) is 7.05 Å². The largest absolute Gasteiger partial charge is 0.349 e. The van der Waals surface area contributed by atoms with Gasteiger partial charge in [-0.05, 0) is 18.2 Å². The highest BCUT2D eigenvalue weighted by molar-refractivity contribution is 7.99. The number of aryl methyl sites for hydroxylation is 1. The molecule has 0 spiro atoms. The summed E-state index contributed by atoms with van der Waals surface area (Å²) in [7, 11) is 2.07. The third kappa shape index (κ3) is 1.94. The third-order valence-corrected chi connectivity index (χ3v) is 3.71. The van der Waals surface area contributed by atoms with Crippen LogP contribution in [0.3, 0.4) is 0 Å². The Kier molecular flexibility index (Phi) is 2.61. The molecule has 2 nitrogen and oxygen atoms in total. The molecule has 3 rings (SSSR count). The topological polar surface area (TPSA) is 17.8 Å². The van der Waals surface area contributed by atoms with Crippen LogP contribution in [0.2, 0.25) is 0 Å². The van der Waals surface area contributed by atoms with Crippen LogP contribution in [-0.4, -0.2) is 9.55 Å². The van der Waals surface area contributed by atoms with Gasteiger partial charge in [0.2, 0.25) is 0 Å². The van der Waals surface area contributed by atoms with Crippen molar-refractivity contribution in [1.82, 2.24) is 9.55 Å². The number of para-hydroxylation sites is 1. The van der Waals surface area contributed by atoms with Gasteiger partial charge >= 0.3 is 0 Å². The molecule has 0 aliphatic rings. The number of nitrogens with zero attached hydrogens (tertiary/aromatic N) is 2. The summed E-state index contributed by atoms with van der Waals surface area (Å²) in [6.07, 6.45) is 3.98. The molecule has 1 aromatic carbocycles. The second-order valence-electron chi connectivity index (χ2n) is 3.89. The van der Waals surface area contributed by atoms with E-state index in [0.717, 1.165) is 5.03 Å². The molecule has 0 saturated heterocycles. The van der Waals surface area contributed by atoms with E-state index in [4.69, 9.17) is 0 Å². The molecule has 0 saturated carbocycles. The zero-order valence-electron chi connectivity index (χ0n) is 9.50. The Morgan fingerprint density at radius 3 is 2.71 bits per heavy atom. The SMILES string of the molecule is Cn1cc(Sc2ccccn2)c2ccccc21. The van der Waals surface area contributed by atoms with Crippen molar-refractivity contribution in [3.8, 4) is 0 Å². The van der Waals surface area contributed by atoms with E-state index in [-0.39, 0.29) is 0 Å². The van der Waals surface area contributed by atoms with Crippen LogP contribution in [0.1, 0.15) is 0 Å². The molecule has 0 radical (unpaired) electrons. The average Bonchev–Trinajstić information content (AvgIpc) is 2.69. The van der Waals surface area contributed by atoms with E-state index in [0.29, 0.717) is 0 Å². The lowest BCUT2D eigenvalue weighted by molar-refractivity contribution is 0.957. The van der Waals surface area contributed by atoms with Gasteiger partial charge in [-0.25, -0.2) is 4.98 Å². The number of hydrogen-bond donors (Lipinski definition) is 0. The van der Waals surface area contributed by atoms with Crippen LogP contribution >= 0.6 is 11.8 Å². The van der Waals surface area contributed by atoms with Gasteiger partial charge in [-0.15, -0.1) is 0 Å². The highest BCUT2D eigenvalue weighted by Crippen LogP contribution is 2.33. The minimum atomic E-state index is 1.03. The Morgan fingerprint density at radius 1 is 1.06 bits per heavy atom. The lowest BCUT2D eigenvalue weighted by Gasteiger charge is -1.97. The number of pyridine rings is 1. The van der Waals surface area contributed by atoms with Crippen molar-refractivity contribution >= 4 is 22.7 Å². The zero-order valence-corrected chi connectivity index (χ0v) is 10.3. The van der Waals surface area contributed by atoms with E-state index in [1.165, 1.54) is 15.8 Å². The monoisotopic (exact) mass is 240 g/mol. The van der Waals surface area contributed by atoms with Crippen LogP contribution < -0.4 is 0 Å². The molecule has 0 unspecified atom stereocenters. The lowest BCUT2D eigenvalue weighted by Crippen LogP contribution is -1.81. The summed E-state index contributed by atoms with van der Waals surface area (Å²) in [6, 6.07) is 14.4. The standard InChI is InChI=1S/C14H12N2S/c1-16-10-13(11-6-2-3-7-12(11)16)17-14-8-4-5-9-15-14/h2-10H,1H3. The van der Waals surface area contributed by atoms with Crippen LogP contribution in [0, 0.1) is 0 Å². The molecule has 0 amide bonds. The van der Waals surface area contributed by atoms with Gasteiger partial charge in [-0.2, -0.15) is 0 Å². The minimum Gasteiger partial charge on any atom is -0.349 e. The molecular formula is C14H12N2S. The lowest BCUT2D eigenvalue weighted by atomic mass is 10.2. The first-order valence-corrected chi connectivity index (χ1v) is 6.29. The van der Waals surface area contributed by atoms with Crippen molar-refractivity contribution in [3.05, 3.63) is 54.9 Å². The summed E-state index contributed by atoms with van der Waals surface area (Å²) >= 11 is 1.71. The van der Waals surface area contributed by atoms with E-state index in [9.17, 15) is 0 Å². The maximum absolute atomic E-state index is 4.34. The summed E-state index contributed by atoms with van der Waals surface area (Å²) in [6.45, 7) is 0. The zero-order chi connectivity index (χ0) is 11.7. The Hall–Kier alpha value is -1.74. The summed E-state index contributed by atoms with van der Waals surface area (Å²) in [5, 5.41) is 2.31. The molecule has 0 atom stereocenters. The van der Waals surface area contributed by atoms with Gasteiger partial charge in [-0.1, -0.05) is 36.0 Å². The highest BCUT2D eigenvalue weighted by atomic mass is 32.2. The van der Waals surface area contributed by atoms with Crippen molar-refractivity contribution in [2.75, 3.05) is 0 Å². The number of hydrogen-bond acceptors (Lipinski definition) is 2. The van der Waals surface area contributed by atoms with Crippen LogP contribution in [0.15, 0.2) is 64.8 Å². The molecule has 0 aliphatic carbocycles. The normalized spacial score (nSPS) is 10.9. The van der Waals surface area contributed by atoms with E-state index < -0.39 is 0 Å². The molecule has 2 heterocycles. The van der Waals surface area contributed by atoms with Crippen molar-refractivity contribution in [3.63, 3.8) is 0 Å². The molecule has 17 heavy (non-hydrogen) atoms. The first kappa shape index (κ1) is 10.4. The maximum Gasteiger partial charge on any atom is 0.101 e. The summed E-state index contributed by atoms with van der Waals surface area (Å²) in [5.41, 5.74) is 1.26. The van der Waals surface area contributed by atoms with Gasteiger partial charge in [0.05, 0.1) is 0 Å². The molecule has 0 bridgehead atoms. The molecule has 0 N–H and O–H groups in total. The van der Waals surface area contributed by atoms with Gasteiger partial charge in [-0.3, -0.25) is 0 Å².